The van der Waals surface area contributed by atoms with Gasteiger partial charge in [0.15, 0.2) is 0 Å². The van der Waals surface area contributed by atoms with Gasteiger partial charge in [-0.15, -0.1) is 0 Å². The SMILES string of the molecule is CC(C)CC(N)c1cncn1CC1CN(C)CCO1. The van der Waals surface area contributed by atoms with Crippen molar-refractivity contribution in [2.24, 2.45) is 11.7 Å². The highest BCUT2D eigenvalue weighted by molar-refractivity contribution is 5.05. The minimum absolute atomic E-state index is 0.0591. The van der Waals surface area contributed by atoms with Gasteiger partial charge < -0.3 is 19.9 Å². The van der Waals surface area contributed by atoms with Crippen LogP contribution >= 0.6 is 0 Å². The lowest BCUT2D eigenvalue weighted by atomic mass is 10.0. The van der Waals surface area contributed by atoms with E-state index >= 15 is 0 Å². The Bertz CT molecular complexity index is 391. The average Bonchev–Trinajstić information content (AvgIpc) is 2.76. The van der Waals surface area contributed by atoms with Crippen LogP contribution in [0.5, 0.6) is 0 Å². The number of hydrogen-bond donors (Lipinski definition) is 1. The second-order valence-corrected chi connectivity index (χ2v) is 5.96. The fourth-order valence-electron chi connectivity index (χ4n) is 2.62. The molecule has 1 saturated heterocycles. The molecule has 1 aromatic heterocycles. The predicted molar refractivity (Wildman–Crippen MR) is 75.8 cm³/mol. The summed E-state index contributed by atoms with van der Waals surface area (Å²) in [5.41, 5.74) is 7.38. The summed E-state index contributed by atoms with van der Waals surface area (Å²) < 4.78 is 7.96. The third-order valence-electron chi connectivity index (χ3n) is 3.59. The summed E-state index contributed by atoms with van der Waals surface area (Å²) in [6, 6.07) is 0.0591. The van der Waals surface area contributed by atoms with E-state index in [1.54, 1.807) is 0 Å². The molecule has 1 fully saturated rings. The number of nitrogens with two attached hydrogens (primary N) is 1. The summed E-state index contributed by atoms with van der Waals surface area (Å²) in [5.74, 6) is 0.593. The Morgan fingerprint density at radius 3 is 3.00 bits per heavy atom. The van der Waals surface area contributed by atoms with Gasteiger partial charge in [0.25, 0.3) is 0 Å². The first kappa shape index (κ1) is 14.5. The Hall–Kier alpha value is -0.910. The first-order valence-corrected chi connectivity index (χ1v) is 7.12. The van der Waals surface area contributed by atoms with Crippen molar-refractivity contribution < 1.29 is 4.74 Å². The highest BCUT2D eigenvalue weighted by Crippen LogP contribution is 2.19. The van der Waals surface area contributed by atoms with Crippen molar-refractivity contribution in [3.05, 3.63) is 18.2 Å². The molecule has 1 aromatic rings. The minimum Gasteiger partial charge on any atom is -0.374 e. The van der Waals surface area contributed by atoms with Gasteiger partial charge in [-0.3, -0.25) is 0 Å². The number of morpholine rings is 1. The molecule has 1 aliphatic heterocycles. The van der Waals surface area contributed by atoms with Gasteiger partial charge in [0.2, 0.25) is 0 Å². The van der Waals surface area contributed by atoms with E-state index in [1.807, 2.05) is 12.5 Å². The molecule has 1 aliphatic rings. The molecule has 2 N–H and O–H groups in total. The molecule has 0 aliphatic carbocycles. The average molecular weight is 266 g/mol. The van der Waals surface area contributed by atoms with Gasteiger partial charge in [-0.25, -0.2) is 4.98 Å². The number of rotatable bonds is 5. The van der Waals surface area contributed by atoms with Crippen molar-refractivity contribution >= 4 is 0 Å². The van der Waals surface area contributed by atoms with Crippen LogP contribution in [0.25, 0.3) is 0 Å². The molecule has 2 heterocycles. The molecule has 0 amide bonds. The maximum atomic E-state index is 6.26. The summed E-state index contributed by atoms with van der Waals surface area (Å²) in [4.78, 5) is 6.55. The lowest BCUT2D eigenvalue weighted by Crippen LogP contribution is -2.42. The van der Waals surface area contributed by atoms with E-state index in [0.717, 1.165) is 38.4 Å². The maximum Gasteiger partial charge on any atom is 0.0949 e. The molecular formula is C14H26N4O. The minimum atomic E-state index is 0.0591. The molecule has 0 spiro atoms. The Morgan fingerprint density at radius 1 is 1.53 bits per heavy atom. The number of aromatic nitrogens is 2. The van der Waals surface area contributed by atoms with Gasteiger partial charge >= 0.3 is 0 Å². The van der Waals surface area contributed by atoms with Gasteiger partial charge in [0.05, 0.1) is 31.3 Å². The zero-order chi connectivity index (χ0) is 13.8. The fraction of sp³-hybridized carbons (Fsp3) is 0.786. The Morgan fingerprint density at radius 2 is 2.32 bits per heavy atom. The molecule has 2 unspecified atom stereocenters. The smallest absolute Gasteiger partial charge is 0.0949 e. The van der Waals surface area contributed by atoms with Crippen LogP contribution in [-0.4, -0.2) is 47.3 Å². The van der Waals surface area contributed by atoms with Crippen LogP contribution in [0.15, 0.2) is 12.5 Å². The Labute approximate surface area is 115 Å². The van der Waals surface area contributed by atoms with E-state index in [-0.39, 0.29) is 12.1 Å². The first-order chi connectivity index (χ1) is 9.06. The fourth-order valence-corrected chi connectivity index (χ4v) is 2.62. The van der Waals surface area contributed by atoms with Crippen LogP contribution in [-0.2, 0) is 11.3 Å². The standard InChI is InChI=1S/C14H26N4O/c1-11(2)6-13(15)14-7-16-10-18(14)9-12-8-17(3)4-5-19-12/h7,10-13H,4-6,8-9,15H2,1-3H3. The highest BCUT2D eigenvalue weighted by atomic mass is 16.5. The van der Waals surface area contributed by atoms with Crippen LogP contribution in [0.1, 0.15) is 32.0 Å². The summed E-state index contributed by atoms with van der Waals surface area (Å²) in [6.45, 7) is 8.02. The second-order valence-electron chi connectivity index (χ2n) is 5.96. The monoisotopic (exact) mass is 266 g/mol. The topological polar surface area (TPSA) is 56.3 Å². The Kier molecular flexibility index (Phi) is 4.96. The summed E-state index contributed by atoms with van der Waals surface area (Å²) in [5, 5.41) is 0. The number of likely N-dealkylation sites (N-methyl/N-ethyl adjacent to an activating group) is 1. The molecule has 0 radical (unpaired) electrons. The molecule has 5 heteroatoms. The quantitative estimate of drug-likeness (QED) is 0.871. The van der Waals surface area contributed by atoms with E-state index in [1.165, 1.54) is 0 Å². The highest BCUT2D eigenvalue weighted by Gasteiger charge is 2.20. The van der Waals surface area contributed by atoms with E-state index in [9.17, 15) is 0 Å². The molecular weight excluding hydrogens is 240 g/mol. The van der Waals surface area contributed by atoms with Crippen LogP contribution in [0.4, 0.5) is 0 Å². The maximum absolute atomic E-state index is 6.26. The summed E-state index contributed by atoms with van der Waals surface area (Å²) in [7, 11) is 2.13. The van der Waals surface area contributed by atoms with E-state index in [2.05, 4.69) is 35.3 Å². The van der Waals surface area contributed by atoms with Crippen molar-refractivity contribution in [3.63, 3.8) is 0 Å². The largest absolute Gasteiger partial charge is 0.374 e. The van der Waals surface area contributed by atoms with Crippen molar-refractivity contribution in [3.8, 4) is 0 Å². The molecule has 2 atom stereocenters. The van der Waals surface area contributed by atoms with Gasteiger partial charge in [0, 0.05) is 25.3 Å². The summed E-state index contributed by atoms with van der Waals surface area (Å²) >= 11 is 0. The summed E-state index contributed by atoms with van der Waals surface area (Å²) in [6.07, 6.45) is 4.97. The number of nitrogens with zero attached hydrogens (tertiary/aromatic N) is 3. The van der Waals surface area contributed by atoms with Gasteiger partial charge in [0.1, 0.15) is 0 Å². The lowest BCUT2D eigenvalue weighted by molar-refractivity contribution is -0.0279. The van der Waals surface area contributed by atoms with Gasteiger partial charge in [-0.2, -0.15) is 0 Å². The van der Waals surface area contributed by atoms with E-state index in [4.69, 9.17) is 10.5 Å². The molecule has 2 rings (SSSR count). The van der Waals surface area contributed by atoms with Crippen molar-refractivity contribution in [2.75, 3.05) is 26.7 Å². The molecule has 19 heavy (non-hydrogen) atoms. The number of hydrogen-bond acceptors (Lipinski definition) is 4. The van der Waals surface area contributed by atoms with Crippen molar-refractivity contribution in [1.82, 2.24) is 14.5 Å². The van der Waals surface area contributed by atoms with Crippen molar-refractivity contribution in [2.45, 2.75) is 39.0 Å². The van der Waals surface area contributed by atoms with Crippen LogP contribution in [0.3, 0.4) is 0 Å². The normalized spacial score (nSPS) is 22.9. The van der Waals surface area contributed by atoms with Gasteiger partial charge in [-0.05, 0) is 19.4 Å². The third-order valence-corrected chi connectivity index (χ3v) is 3.59. The number of ether oxygens (including phenoxy) is 1. The molecule has 5 nitrogen and oxygen atoms in total. The molecule has 0 bridgehead atoms. The molecule has 0 saturated carbocycles. The molecule has 0 aromatic carbocycles. The van der Waals surface area contributed by atoms with E-state index < -0.39 is 0 Å². The third kappa shape index (κ3) is 4.03. The first-order valence-electron chi connectivity index (χ1n) is 7.12. The second kappa shape index (κ2) is 6.50. The number of imidazole rings is 1. The van der Waals surface area contributed by atoms with Crippen molar-refractivity contribution in [1.29, 1.82) is 0 Å². The lowest BCUT2D eigenvalue weighted by Gasteiger charge is -2.31. The predicted octanol–water partition coefficient (Wildman–Crippen LogP) is 1.26. The molecule has 108 valence electrons. The zero-order valence-electron chi connectivity index (χ0n) is 12.2. The van der Waals surface area contributed by atoms with Crippen LogP contribution in [0.2, 0.25) is 0 Å². The zero-order valence-corrected chi connectivity index (χ0v) is 12.2. The van der Waals surface area contributed by atoms with Crippen LogP contribution in [0, 0.1) is 5.92 Å². The van der Waals surface area contributed by atoms with E-state index in [0.29, 0.717) is 5.92 Å². The van der Waals surface area contributed by atoms with Gasteiger partial charge in [-0.1, -0.05) is 13.8 Å². The Balaban J connectivity index is 1.98. The van der Waals surface area contributed by atoms with Crippen LogP contribution < -0.4 is 5.73 Å².